The van der Waals surface area contributed by atoms with Crippen molar-refractivity contribution in [2.75, 3.05) is 5.32 Å². The van der Waals surface area contributed by atoms with Crippen LogP contribution in [0.3, 0.4) is 0 Å². The molecule has 2 aromatic rings. The standard InChI is InChI=1S/C13H9Br2ClN2S/c14-9-2-1-3-10(15)12(9)18-11-6-7(16)4-5-8(11)13(17)19/h1-6,18H,(H2,17,19). The molecule has 0 atom stereocenters. The molecule has 0 fully saturated rings. The number of anilines is 2. The second-order valence-electron chi connectivity index (χ2n) is 3.78. The maximum Gasteiger partial charge on any atom is 0.106 e. The summed E-state index contributed by atoms with van der Waals surface area (Å²) in [4.78, 5) is 0.322. The number of halogens is 3. The first-order chi connectivity index (χ1) is 8.99. The highest BCUT2D eigenvalue weighted by Crippen LogP contribution is 2.34. The quantitative estimate of drug-likeness (QED) is 0.667. The maximum absolute atomic E-state index is 6.02. The molecule has 98 valence electrons. The molecule has 6 heteroatoms. The Kier molecular flexibility index (Phi) is 4.84. The summed E-state index contributed by atoms with van der Waals surface area (Å²) in [5.41, 5.74) is 8.13. The number of rotatable bonds is 3. The summed E-state index contributed by atoms with van der Waals surface area (Å²) in [6, 6.07) is 11.2. The smallest absolute Gasteiger partial charge is 0.106 e. The van der Waals surface area contributed by atoms with Gasteiger partial charge in [0.1, 0.15) is 4.99 Å². The summed E-state index contributed by atoms with van der Waals surface area (Å²) >= 11 is 18.1. The molecule has 19 heavy (non-hydrogen) atoms. The van der Waals surface area contributed by atoms with Crippen LogP contribution in [0.25, 0.3) is 0 Å². The molecule has 0 aliphatic heterocycles. The Balaban J connectivity index is 2.49. The van der Waals surface area contributed by atoms with Gasteiger partial charge in [0.15, 0.2) is 0 Å². The van der Waals surface area contributed by atoms with Crippen LogP contribution in [-0.2, 0) is 0 Å². The molecule has 0 bridgehead atoms. The summed E-state index contributed by atoms with van der Waals surface area (Å²) < 4.78 is 1.85. The van der Waals surface area contributed by atoms with Crippen LogP contribution in [0.15, 0.2) is 45.3 Å². The van der Waals surface area contributed by atoms with Gasteiger partial charge in [0.2, 0.25) is 0 Å². The van der Waals surface area contributed by atoms with Crippen LogP contribution in [0.4, 0.5) is 11.4 Å². The van der Waals surface area contributed by atoms with Crippen LogP contribution in [0.5, 0.6) is 0 Å². The summed E-state index contributed by atoms with van der Waals surface area (Å²) in [6.45, 7) is 0. The van der Waals surface area contributed by atoms with E-state index in [1.165, 1.54) is 0 Å². The monoisotopic (exact) mass is 418 g/mol. The van der Waals surface area contributed by atoms with E-state index in [0.29, 0.717) is 10.0 Å². The summed E-state index contributed by atoms with van der Waals surface area (Å²) in [5.74, 6) is 0. The van der Waals surface area contributed by atoms with Crippen LogP contribution >= 0.6 is 55.7 Å². The molecule has 3 N–H and O–H groups in total. The van der Waals surface area contributed by atoms with Crippen LogP contribution in [-0.4, -0.2) is 4.99 Å². The van der Waals surface area contributed by atoms with Gasteiger partial charge in [0, 0.05) is 19.5 Å². The first-order valence-electron chi connectivity index (χ1n) is 5.29. The predicted octanol–water partition coefficient (Wildman–Crippen LogP) is 5.24. The minimum atomic E-state index is 0.322. The van der Waals surface area contributed by atoms with Crippen LogP contribution in [0, 0.1) is 0 Å². The number of nitrogens with two attached hydrogens (primary N) is 1. The van der Waals surface area contributed by atoms with E-state index in [1.54, 1.807) is 18.2 Å². The molecule has 2 aromatic carbocycles. The van der Waals surface area contributed by atoms with Crippen molar-refractivity contribution in [1.29, 1.82) is 0 Å². The first kappa shape index (κ1) is 14.8. The third-order valence-electron chi connectivity index (χ3n) is 2.47. The van der Waals surface area contributed by atoms with Gasteiger partial charge in [-0.25, -0.2) is 0 Å². The predicted molar refractivity (Wildman–Crippen MR) is 92.5 cm³/mol. The van der Waals surface area contributed by atoms with Gasteiger partial charge in [0.25, 0.3) is 0 Å². The van der Waals surface area contributed by atoms with Gasteiger partial charge in [0.05, 0.1) is 11.4 Å². The minimum absolute atomic E-state index is 0.322. The van der Waals surface area contributed by atoms with Gasteiger partial charge in [-0.05, 0) is 62.2 Å². The molecule has 0 aliphatic carbocycles. The number of thiocarbonyl (C=S) groups is 1. The van der Waals surface area contributed by atoms with Gasteiger partial charge in [-0.3, -0.25) is 0 Å². The molecule has 2 nitrogen and oxygen atoms in total. The molecule has 0 aliphatic rings. The second kappa shape index (κ2) is 6.22. The molecule has 0 unspecified atom stereocenters. The van der Waals surface area contributed by atoms with E-state index >= 15 is 0 Å². The molecule has 0 radical (unpaired) electrons. The number of hydrogen-bond donors (Lipinski definition) is 2. The average Bonchev–Trinajstić information content (AvgIpc) is 2.33. The van der Waals surface area contributed by atoms with Gasteiger partial charge in [-0.1, -0.05) is 29.9 Å². The van der Waals surface area contributed by atoms with E-state index in [1.807, 2.05) is 18.2 Å². The largest absolute Gasteiger partial charge is 0.389 e. The Morgan fingerprint density at radius 3 is 2.37 bits per heavy atom. The fourth-order valence-corrected chi connectivity index (χ4v) is 3.13. The first-order valence-corrected chi connectivity index (χ1v) is 7.66. The molecule has 0 saturated carbocycles. The highest BCUT2D eigenvalue weighted by atomic mass is 79.9. The number of hydrogen-bond acceptors (Lipinski definition) is 2. The second-order valence-corrected chi connectivity index (χ2v) is 6.36. The molecule has 0 spiro atoms. The zero-order chi connectivity index (χ0) is 14.0. The Hall–Kier alpha value is -0.620. The normalized spacial score (nSPS) is 10.3. The number of para-hydroxylation sites is 1. The minimum Gasteiger partial charge on any atom is -0.389 e. The lowest BCUT2D eigenvalue weighted by Gasteiger charge is -2.14. The van der Waals surface area contributed by atoms with Gasteiger partial charge in [-0.2, -0.15) is 0 Å². The molecule has 0 amide bonds. The molecular weight excluding hydrogens is 411 g/mol. The highest BCUT2D eigenvalue weighted by Gasteiger charge is 2.10. The average molecular weight is 421 g/mol. The SMILES string of the molecule is NC(=S)c1ccc(Cl)cc1Nc1c(Br)cccc1Br. The van der Waals surface area contributed by atoms with Crippen molar-refractivity contribution in [2.45, 2.75) is 0 Å². The Labute approximate surface area is 138 Å². The summed E-state index contributed by atoms with van der Waals surface area (Å²) in [6.07, 6.45) is 0. The molecule has 2 rings (SSSR count). The number of nitrogens with one attached hydrogen (secondary N) is 1. The fraction of sp³-hybridized carbons (Fsp3) is 0. The van der Waals surface area contributed by atoms with Crippen molar-refractivity contribution in [2.24, 2.45) is 5.73 Å². The van der Waals surface area contributed by atoms with Crippen molar-refractivity contribution in [3.63, 3.8) is 0 Å². The third-order valence-corrected chi connectivity index (χ3v) is 4.25. The lowest BCUT2D eigenvalue weighted by atomic mass is 10.1. The highest BCUT2D eigenvalue weighted by molar-refractivity contribution is 9.11. The van der Waals surface area contributed by atoms with Crippen molar-refractivity contribution >= 4 is 72.0 Å². The van der Waals surface area contributed by atoms with E-state index in [2.05, 4.69) is 37.2 Å². The van der Waals surface area contributed by atoms with Gasteiger partial charge < -0.3 is 11.1 Å². The zero-order valence-electron chi connectivity index (χ0n) is 9.58. The van der Waals surface area contributed by atoms with Crippen LogP contribution in [0.1, 0.15) is 5.56 Å². The zero-order valence-corrected chi connectivity index (χ0v) is 14.3. The van der Waals surface area contributed by atoms with Crippen LogP contribution < -0.4 is 11.1 Å². The third kappa shape index (κ3) is 3.48. The number of benzene rings is 2. The molecule has 0 saturated heterocycles. The van der Waals surface area contributed by atoms with Crippen LogP contribution in [0.2, 0.25) is 5.02 Å². The Morgan fingerprint density at radius 1 is 1.16 bits per heavy atom. The van der Waals surface area contributed by atoms with Gasteiger partial charge in [-0.15, -0.1) is 0 Å². The lowest BCUT2D eigenvalue weighted by Crippen LogP contribution is -2.12. The van der Waals surface area contributed by atoms with E-state index < -0.39 is 0 Å². The fourth-order valence-electron chi connectivity index (χ4n) is 1.59. The van der Waals surface area contributed by atoms with E-state index in [-0.39, 0.29) is 0 Å². The molecule has 0 aromatic heterocycles. The maximum atomic E-state index is 6.02. The van der Waals surface area contributed by atoms with Crippen molar-refractivity contribution in [1.82, 2.24) is 0 Å². The molecule has 0 heterocycles. The van der Waals surface area contributed by atoms with E-state index in [9.17, 15) is 0 Å². The van der Waals surface area contributed by atoms with E-state index in [4.69, 9.17) is 29.6 Å². The van der Waals surface area contributed by atoms with Gasteiger partial charge >= 0.3 is 0 Å². The summed E-state index contributed by atoms with van der Waals surface area (Å²) in [5, 5.41) is 3.90. The van der Waals surface area contributed by atoms with E-state index in [0.717, 1.165) is 25.9 Å². The van der Waals surface area contributed by atoms with Crippen molar-refractivity contribution < 1.29 is 0 Å². The Morgan fingerprint density at radius 2 is 1.79 bits per heavy atom. The topological polar surface area (TPSA) is 38.0 Å². The summed E-state index contributed by atoms with van der Waals surface area (Å²) in [7, 11) is 0. The van der Waals surface area contributed by atoms with Crippen molar-refractivity contribution in [3.8, 4) is 0 Å². The Bertz CT molecular complexity index is 626. The van der Waals surface area contributed by atoms with Crippen molar-refractivity contribution in [3.05, 3.63) is 55.9 Å². The lowest BCUT2D eigenvalue weighted by molar-refractivity contribution is 1.48. The molecular formula is C13H9Br2ClN2S.